The molecule has 0 atom stereocenters. The average molecular weight is 488 g/mol. The Bertz CT molecular complexity index is 1330. The maximum atomic E-state index is 13.5. The van der Waals surface area contributed by atoms with Crippen LogP contribution in [-0.2, 0) is 17.9 Å². The van der Waals surface area contributed by atoms with Gasteiger partial charge in [0.25, 0.3) is 5.91 Å². The summed E-state index contributed by atoms with van der Waals surface area (Å²) in [7, 11) is 1.56. The molecular weight excluding hydrogens is 461 g/mol. The quantitative estimate of drug-likeness (QED) is 0.284. The van der Waals surface area contributed by atoms with Crippen LogP contribution < -0.4 is 14.4 Å². The van der Waals surface area contributed by atoms with Crippen molar-refractivity contribution in [2.24, 2.45) is 0 Å². The van der Waals surface area contributed by atoms with Crippen LogP contribution in [0.4, 0.5) is 10.1 Å². The van der Waals surface area contributed by atoms with Gasteiger partial charge in [-0.15, -0.1) is 0 Å². The number of carbonyl (C=O) groups excluding carboxylic acids is 1. The van der Waals surface area contributed by atoms with Gasteiger partial charge >= 0.3 is 0 Å². The molecule has 0 N–H and O–H groups in total. The van der Waals surface area contributed by atoms with Crippen LogP contribution in [0, 0.1) is 19.7 Å². The first-order valence-electron chi connectivity index (χ1n) is 11.3. The van der Waals surface area contributed by atoms with E-state index < -0.39 is 0 Å². The summed E-state index contributed by atoms with van der Waals surface area (Å²) in [5.41, 5.74) is 3.70. The summed E-state index contributed by atoms with van der Waals surface area (Å²) in [6.07, 6.45) is 4.82. The van der Waals surface area contributed by atoms with E-state index in [2.05, 4.69) is 10.1 Å². The first-order chi connectivity index (χ1) is 17.4. The van der Waals surface area contributed by atoms with Crippen LogP contribution in [0.25, 0.3) is 6.08 Å². The molecule has 2 heterocycles. The Morgan fingerprint density at radius 1 is 1.08 bits per heavy atom. The van der Waals surface area contributed by atoms with E-state index in [1.165, 1.54) is 23.1 Å². The molecule has 0 saturated carbocycles. The third-order valence-corrected chi connectivity index (χ3v) is 5.61. The number of aryl methyl sites for hydroxylation is 2. The number of rotatable bonds is 9. The maximum absolute atomic E-state index is 13.5. The average Bonchev–Trinajstić information content (AvgIpc) is 3.22. The smallest absolute Gasteiger partial charge is 0.251 e. The number of carbonyl (C=O) groups is 1. The van der Waals surface area contributed by atoms with Gasteiger partial charge in [-0.2, -0.15) is 0 Å². The monoisotopic (exact) mass is 487 g/mol. The summed E-state index contributed by atoms with van der Waals surface area (Å²) >= 11 is 0. The van der Waals surface area contributed by atoms with E-state index in [1.54, 1.807) is 43.6 Å². The van der Waals surface area contributed by atoms with Gasteiger partial charge in [-0.1, -0.05) is 17.3 Å². The molecule has 0 unspecified atom stereocenters. The van der Waals surface area contributed by atoms with E-state index in [1.807, 2.05) is 38.1 Å². The molecule has 0 radical (unpaired) electrons. The van der Waals surface area contributed by atoms with Crippen LogP contribution in [0.5, 0.6) is 11.5 Å². The van der Waals surface area contributed by atoms with E-state index >= 15 is 0 Å². The lowest BCUT2D eigenvalue weighted by atomic mass is 10.1. The molecule has 0 saturated heterocycles. The standard InChI is InChI=1S/C28H26FN3O4/c1-19-25(20(2)36-31-19)18-35-26-13-7-21(16-27(26)34-3)8-14-28(33)32(17-23-6-4-5-15-30-23)24-11-9-22(29)10-12-24/h4-16H,17-18H2,1-3H3/b14-8+. The Hall–Kier alpha value is -4.46. The minimum absolute atomic E-state index is 0.243. The molecule has 1 amide bonds. The first-order valence-corrected chi connectivity index (χ1v) is 11.3. The molecule has 184 valence electrons. The van der Waals surface area contributed by atoms with Crippen LogP contribution in [0.2, 0.25) is 0 Å². The van der Waals surface area contributed by atoms with Crippen LogP contribution in [0.3, 0.4) is 0 Å². The fourth-order valence-electron chi connectivity index (χ4n) is 3.59. The van der Waals surface area contributed by atoms with E-state index in [4.69, 9.17) is 14.0 Å². The van der Waals surface area contributed by atoms with Crippen molar-refractivity contribution in [1.29, 1.82) is 0 Å². The highest BCUT2D eigenvalue weighted by Crippen LogP contribution is 2.30. The van der Waals surface area contributed by atoms with Gasteiger partial charge in [0.2, 0.25) is 0 Å². The van der Waals surface area contributed by atoms with E-state index in [0.29, 0.717) is 35.2 Å². The van der Waals surface area contributed by atoms with Crippen LogP contribution in [-0.4, -0.2) is 23.2 Å². The molecule has 2 aromatic carbocycles. The molecule has 0 aliphatic carbocycles. The Morgan fingerprint density at radius 2 is 1.89 bits per heavy atom. The summed E-state index contributed by atoms with van der Waals surface area (Å²) in [6, 6.07) is 16.7. The second kappa shape index (κ2) is 11.3. The van der Waals surface area contributed by atoms with Crippen LogP contribution >= 0.6 is 0 Å². The third-order valence-electron chi connectivity index (χ3n) is 5.61. The zero-order valence-corrected chi connectivity index (χ0v) is 20.3. The van der Waals surface area contributed by atoms with Crippen molar-refractivity contribution in [2.45, 2.75) is 27.0 Å². The minimum Gasteiger partial charge on any atom is -0.493 e. The molecule has 4 aromatic rings. The molecule has 4 rings (SSSR count). The molecule has 2 aromatic heterocycles. The molecule has 8 heteroatoms. The zero-order valence-electron chi connectivity index (χ0n) is 20.3. The van der Waals surface area contributed by atoms with Gasteiger partial charge in [0.05, 0.1) is 30.6 Å². The van der Waals surface area contributed by atoms with Crippen LogP contribution in [0.1, 0.15) is 28.3 Å². The van der Waals surface area contributed by atoms with Gasteiger partial charge in [-0.05, 0) is 74.0 Å². The molecule has 0 aliphatic rings. The molecule has 0 bridgehead atoms. The molecule has 36 heavy (non-hydrogen) atoms. The lowest BCUT2D eigenvalue weighted by Crippen LogP contribution is -2.29. The first kappa shape index (κ1) is 24.7. The van der Waals surface area contributed by atoms with Crippen LogP contribution in [0.15, 0.2) is 77.5 Å². The van der Waals surface area contributed by atoms with Crippen molar-refractivity contribution in [3.63, 3.8) is 0 Å². The number of methoxy groups -OCH3 is 1. The third kappa shape index (κ3) is 5.96. The van der Waals surface area contributed by atoms with Gasteiger partial charge < -0.3 is 18.9 Å². The van der Waals surface area contributed by atoms with Gasteiger partial charge in [-0.3, -0.25) is 9.78 Å². The summed E-state index contributed by atoms with van der Waals surface area (Å²) in [5, 5.41) is 3.94. The van der Waals surface area contributed by atoms with Crippen molar-refractivity contribution in [3.05, 3.63) is 107 Å². The number of anilines is 1. The Balaban J connectivity index is 1.51. The molecular formula is C28H26FN3O4. The molecule has 0 aliphatic heterocycles. The number of halogens is 1. The molecule has 0 fully saturated rings. The molecule has 0 spiro atoms. The number of amides is 1. The summed E-state index contributed by atoms with van der Waals surface area (Å²) in [6.45, 7) is 4.24. The highest BCUT2D eigenvalue weighted by molar-refractivity contribution is 6.03. The van der Waals surface area contributed by atoms with Gasteiger partial charge in [0, 0.05) is 18.0 Å². The predicted octanol–water partition coefficient (Wildman–Crippen LogP) is 5.66. The van der Waals surface area contributed by atoms with Crippen molar-refractivity contribution in [1.82, 2.24) is 10.1 Å². The maximum Gasteiger partial charge on any atom is 0.251 e. The van der Waals surface area contributed by atoms with E-state index in [-0.39, 0.29) is 18.3 Å². The topological polar surface area (TPSA) is 77.7 Å². The fraction of sp³-hybridized carbons (Fsp3) is 0.179. The number of nitrogens with zero attached hydrogens (tertiary/aromatic N) is 3. The highest BCUT2D eigenvalue weighted by atomic mass is 19.1. The summed E-state index contributed by atoms with van der Waals surface area (Å²) < 4.78 is 30.1. The largest absolute Gasteiger partial charge is 0.493 e. The van der Waals surface area contributed by atoms with Crippen molar-refractivity contribution in [3.8, 4) is 11.5 Å². The Morgan fingerprint density at radius 3 is 2.56 bits per heavy atom. The highest BCUT2D eigenvalue weighted by Gasteiger charge is 2.16. The number of hydrogen-bond donors (Lipinski definition) is 0. The van der Waals surface area contributed by atoms with Crippen molar-refractivity contribution < 1.29 is 23.2 Å². The summed E-state index contributed by atoms with van der Waals surface area (Å²) in [4.78, 5) is 19.0. The minimum atomic E-state index is -0.372. The summed E-state index contributed by atoms with van der Waals surface area (Å²) in [5.74, 6) is 1.15. The van der Waals surface area contributed by atoms with E-state index in [9.17, 15) is 9.18 Å². The number of pyridine rings is 1. The van der Waals surface area contributed by atoms with Gasteiger partial charge in [0.1, 0.15) is 18.2 Å². The second-order valence-electron chi connectivity index (χ2n) is 8.06. The zero-order chi connectivity index (χ0) is 25.5. The van der Waals surface area contributed by atoms with Gasteiger partial charge in [0.15, 0.2) is 11.5 Å². The fourth-order valence-corrected chi connectivity index (χ4v) is 3.59. The van der Waals surface area contributed by atoms with Crippen molar-refractivity contribution in [2.75, 3.05) is 12.0 Å². The van der Waals surface area contributed by atoms with Gasteiger partial charge in [-0.25, -0.2) is 4.39 Å². The second-order valence-corrected chi connectivity index (χ2v) is 8.06. The molecule has 7 nitrogen and oxygen atoms in total. The number of ether oxygens (including phenoxy) is 2. The number of benzene rings is 2. The normalized spacial score (nSPS) is 11.0. The van der Waals surface area contributed by atoms with E-state index in [0.717, 1.165) is 16.8 Å². The Labute approximate surface area is 208 Å². The predicted molar refractivity (Wildman–Crippen MR) is 134 cm³/mol. The lowest BCUT2D eigenvalue weighted by molar-refractivity contribution is -0.114. The lowest BCUT2D eigenvalue weighted by Gasteiger charge is -2.21. The SMILES string of the molecule is COc1cc(/C=C/C(=O)N(Cc2ccccn2)c2ccc(F)cc2)ccc1OCc1c(C)noc1C. The number of hydrogen-bond acceptors (Lipinski definition) is 6. The number of aromatic nitrogens is 2. The van der Waals surface area contributed by atoms with Crippen molar-refractivity contribution >= 4 is 17.7 Å². The Kier molecular flexibility index (Phi) is 7.75.